The van der Waals surface area contributed by atoms with E-state index in [0.717, 1.165) is 22.3 Å². The highest BCUT2D eigenvalue weighted by molar-refractivity contribution is 5.81. The van der Waals surface area contributed by atoms with Crippen LogP contribution in [0.25, 0.3) is 11.1 Å². The van der Waals surface area contributed by atoms with Gasteiger partial charge in [0.2, 0.25) is 0 Å². The van der Waals surface area contributed by atoms with Crippen LogP contribution in [0.1, 0.15) is 37.7 Å². The van der Waals surface area contributed by atoms with Gasteiger partial charge in [-0.2, -0.15) is 0 Å². The second kappa shape index (κ2) is 6.83. The van der Waals surface area contributed by atoms with Crippen LogP contribution >= 0.6 is 0 Å². The third-order valence-corrected chi connectivity index (χ3v) is 5.03. The molecule has 1 atom stereocenters. The number of carbonyl (C=O) groups is 2. The summed E-state index contributed by atoms with van der Waals surface area (Å²) in [6, 6.07) is 14.9. The number of nitrogens with one attached hydrogen (secondary N) is 1. The number of hydrogen-bond donors (Lipinski definition) is 2. The van der Waals surface area contributed by atoms with Crippen molar-refractivity contribution in [2.24, 2.45) is 5.89 Å². The standard InChI is InChI=1S/C21H21NO4/c23-20(24)19(11-13-9-10-13)22-21(25)26-12-18-16-7-3-1-5-14(16)15-6-2-4-8-17(15)18/h1-8,13,18-19H,9-12H2,(H,22,25)(H,23,24)/t19-/m0/s1/i13D. The van der Waals surface area contributed by atoms with E-state index in [4.69, 9.17) is 6.11 Å². The fraction of sp³-hybridized carbons (Fsp3) is 0.333. The Labute approximate surface area is 153 Å². The first kappa shape index (κ1) is 15.4. The van der Waals surface area contributed by atoms with Crippen molar-refractivity contribution in [3.8, 4) is 11.1 Å². The van der Waals surface area contributed by atoms with Crippen LogP contribution in [0.15, 0.2) is 48.5 Å². The first-order valence-electron chi connectivity index (χ1n) is 9.31. The molecule has 0 radical (unpaired) electrons. The fourth-order valence-corrected chi connectivity index (χ4v) is 3.56. The van der Waals surface area contributed by atoms with Gasteiger partial charge in [-0.05, 0) is 34.6 Å². The zero-order valence-corrected chi connectivity index (χ0v) is 14.3. The Balaban J connectivity index is 1.44. The van der Waals surface area contributed by atoms with Gasteiger partial charge in [0.15, 0.2) is 0 Å². The Morgan fingerprint density at radius 2 is 1.69 bits per heavy atom. The van der Waals surface area contributed by atoms with E-state index in [-0.39, 0.29) is 18.9 Å². The molecule has 2 aliphatic rings. The zero-order valence-electron chi connectivity index (χ0n) is 15.3. The molecular formula is C21H21NO4. The molecule has 2 N–H and O–H groups in total. The van der Waals surface area contributed by atoms with E-state index in [1.807, 2.05) is 36.4 Å². The van der Waals surface area contributed by atoms with Crippen LogP contribution in [0.3, 0.4) is 0 Å². The summed E-state index contributed by atoms with van der Waals surface area (Å²) in [7, 11) is 0. The van der Waals surface area contributed by atoms with Gasteiger partial charge in [-0.1, -0.05) is 61.4 Å². The molecular weight excluding hydrogens is 330 g/mol. The number of rotatable bonds is 6. The van der Waals surface area contributed by atoms with Crippen molar-refractivity contribution in [1.82, 2.24) is 5.32 Å². The fourth-order valence-electron chi connectivity index (χ4n) is 3.56. The van der Waals surface area contributed by atoms with Gasteiger partial charge in [0.1, 0.15) is 12.6 Å². The van der Waals surface area contributed by atoms with E-state index in [1.54, 1.807) is 0 Å². The number of ether oxygens (including phenoxy) is 1. The average molecular weight is 352 g/mol. The molecule has 0 spiro atoms. The van der Waals surface area contributed by atoms with E-state index in [9.17, 15) is 14.7 Å². The van der Waals surface area contributed by atoms with Crippen LogP contribution in [0.2, 0.25) is 0 Å². The first-order chi connectivity index (χ1) is 13.0. The highest BCUT2D eigenvalue weighted by Crippen LogP contribution is 2.44. The summed E-state index contributed by atoms with van der Waals surface area (Å²) in [5, 5.41) is 11.7. The molecule has 134 valence electrons. The van der Waals surface area contributed by atoms with E-state index >= 15 is 0 Å². The SMILES string of the molecule is [2H]C1(C[C@H](NC(=O)OCC2c3ccccc3-c3ccccc32)C(=O)O)CC1. The van der Waals surface area contributed by atoms with Gasteiger partial charge in [-0.25, -0.2) is 9.59 Å². The molecule has 0 unspecified atom stereocenters. The maximum absolute atomic E-state index is 12.2. The third-order valence-electron chi connectivity index (χ3n) is 5.03. The van der Waals surface area contributed by atoms with Crippen LogP contribution < -0.4 is 5.32 Å². The number of alkyl carbamates (subject to hydrolysis) is 1. The average Bonchev–Trinajstić information content (AvgIpc) is 3.30. The third kappa shape index (κ3) is 3.29. The Morgan fingerprint density at radius 3 is 2.23 bits per heavy atom. The first-order valence-corrected chi connectivity index (χ1v) is 8.81. The van der Waals surface area contributed by atoms with Gasteiger partial charge in [-0.3, -0.25) is 0 Å². The minimum atomic E-state index is -1.14. The topological polar surface area (TPSA) is 75.6 Å². The molecule has 2 aromatic rings. The molecule has 0 aromatic heterocycles. The summed E-state index contributed by atoms with van der Waals surface area (Å²) < 4.78 is 13.3. The number of hydrogen-bond acceptors (Lipinski definition) is 3. The molecule has 0 heterocycles. The van der Waals surface area contributed by atoms with Gasteiger partial charge in [0.05, 0.1) is 0 Å². The lowest BCUT2D eigenvalue weighted by Crippen LogP contribution is -2.41. The molecule has 4 rings (SSSR count). The lowest BCUT2D eigenvalue weighted by Gasteiger charge is -2.17. The van der Waals surface area contributed by atoms with Crippen molar-refractivity contribution in [3.63, 3.8) is 0 Å². The summed E-state index contributed by atoms with van der Waals surface area (Å²) >= 11 is 0. The summed E-state index contributed by atoms with van der Waals surface area (Å²) in [5.74, 6) is -1.93. The molecule has 26 heavy (non-hydrogen) atoms. The number of carboxylic acid groups (broad SMARTS) is 1. The van der Waals surface area contributed by atoms with Gasteiger partial charge in [0, 0.05) is 7.29 Å². The quantitative estimate of drug-likeness (QED) is 0.830. The molecule has 5 nitrogen and oxygen atoms in total. The molecule has 1 fully saturated rings. The predicted octanol–water partition coefficient (Wildman–Crippen LogP) is 3.78. The van der Waals surface area contributed by atoms with Crippen molar-refractivity contribution < 1.29 is 20.8 Å². The molecule has 0 bridgehead atoms. The largest absolute Gasteiger partial charge is 0.480 e. The van der Waals surface area contributed by atoms with Gasteiger partial charge < -0.3 is 15.2 Å². The molecule has 5 heteroatoms. The van der Waals surface area contributed by atoms with Crippen LogP contribution in [0.4, 0.5) is 4.79 Å². The Morgan fingerprint density at radius 1 is 1.12 bits per heavy atom. The number of benzene rings is 2. The monoisotopic (exact) mass is 352 g/mol. The number of carbonyl (C=O) groups excluding carboxylic acids is 1. The van der Waals surface area contributed by atoms with Crippen molar-refractivity contribution >= 4 is 12.1 Å². The Hall–Kier alpha value is -2.82. The smallest absolute Gasteiger partial charge is 0.407 e. The molecule has 2 aliphatic carbocycles. The maximum Gasteiger partial charge on any atom is 0.407 e. The highest BCUT2D eigenvalue weighted by Gasteiger charge is 2.32. The van der Waals surface area contributed by atoms with Crippen molar-refractivity contribution in [2.45, 2.75) is 31.2 Å². The number of fused-ring (bicyclic) bond motifs is 3. The van der Waals surface area contributed by atoms with Crippen LogP contribution in [0, 0.1) is 5.89 Å². The number of amides is 1. The van der Waals surface area contributed by atoms with Gasteiger partial charge >= 0.3 is 12.1 Å². The Kier molecular flexibility index (Phi) is 4.05. The zero-order chi connectivity index (χ0) is 19.0. The van der Waals surface area contributed by atoms with E-state index < -0.39 is 24.0 Å². The van der Waals surface area contributed by atoms with E-state index in [0.29, 0.717) is 12.8 Å². The van der Waals surface area contributed by atoms with Crippen molar-refractivity contribution in [3.05, 3.63) is 59.7 Å². The molecule has 0 saturated heterocycles. The maximum atomic E-state index is 12.2. The molecule has 0 aliphatic heterocycles. The van der Waals surface area contributed by atoms with E-state index in [1.165, 1.54) is 0 Å². The highest BCUT2D eigenvalue weighted by atomic mass is 16.5. The molecule has 1 amide bonds. The minimum absolute atomic E-state index is 0.0719. The van der Waals surface area contributed by atoms with Gasteiger partial charge in [0.25, 0.3) is 0 Å². The molecule has 1 saturated carbocycles. The lowest BCUT2D eigenvalue weighted by atomic mass is 9.98. The normalized spacial score (nSPS) is 18.2. The summed E-state index contributed by atoms with van der Waals surface area (Å²) in [6.45, 7) is 0.137. The van der Waals surface area contributed by atoms with Crippen LogP contribution in [0.5, 0.6) is 0 Å². The summed E-state index contributed by atoms with van der Waals surface area (Å²) in [6.07, 6.45) is 0.687. The van der Waals surface area contributed by atoms with Crippen molar-refractivity contribution in [2.75, 3.05) is 6.61 Å². The van der Waals surface area contributed by atoms with Crippen LogP contribution in [-0.2, 0) is 9.53 Å². The second-order valence-electron chi connectivity index (χ2n) is 6.81. The van der Waals surface area contributed by atoms with Crippen molar-refractivity contribution in [1.29, 1.82) is 0 Å². The predicted molar refractivity (Wildman–Crippen MR) is 97.0 cm³/mol. The lowest BCUT2D eigenvalue weighted by molar-refractivity contribution is -0.139. The number of carboxylic acids is 1. The minimum Gasteiger partial charge on any atom is -0.480 e. The second-order valence-corrected chi connectivity index (χ2v) is 6.81. The summed E-state index contributed by atoms with van der Waals surface area (Å²) in [4.78, 5) is 23.6. The van der Waals surface area contributed by atoms with E-state index in [2.05, 4.69) is 17.4 Å². The summed E-state index contributed by atoms with van der Waals surface area (Å²) in [5.41, 5.74) is 4.47. The molecule has 2 aromatic carbocycles. The Bertz CT molecular complexity index is 848. The van der Waals surface area contributed by atoms with Crippen LogP contribution in [-0.4, -0.2) is 29.8 Å². The number of aliphatic carboxylic acids is 1. The van der Waals surface area contributed by atoms with Gasteiger partial charge in [-0.15, -0.1) is 0 Å².